The van der Waals surface area contributed by atoms with E-state index in [9.17, 15) is 14.9 Å². The van der Waals surface area contributed by atoms with Gasteiger partial charge in [-0.1, -0.05) is 29.3 Å². The van der Waals surface area contributed by atoms with Crippen LogP contribution in [0.25, 0.3) is 6.08 Å². The lowest BCUT2D eigenvalue weighted by Gasteiger charge is -2.06. The van der Waals surface area contributed by atoms with E-state index in [1.54, 1.807) is 39.0 Å². The van der Waals surface area contributed by atoms with E-state index in [0.717, 1.165) is 0 Å². The molecule has 0 saturated carbocycles. The van der Waals surface area contributed by atoms with Crippen LogP contribution >= 0.6 is 23.2 Å². The minimum Gasteiger partial charge on any atom is -0.462 e. The minimum atomic E-state index is -0.620. The summed E-state index contributed by atoms with van der Waals surface area (Å²) in [6.45, 7) is 5.16. The maximum Gasteiger partial charge on any atom is 0.340 e. The first-order chi connectivity index (χ1) is 12.3. The van der Waals surface area contributed by atoms with Crippen molar-refractivity contribution >= 4 is 41.0 Å². The van der Waals surface area contributed by atoms with Crippen molar-refractivity contribution in [3.05, 3.63) is 61.9 Å². The Morgan fingerprint density at radius 1 is 1.19 bits per heavy atom. The maximum atomic E-state index is 13.0. The van der Waals surface area contributed by atoms with Crippen molar-refractivity contribution in [1.29, 1.82) is 5.26 Å². The van der Waals surface area contributed by atoms with Gasteiger partial charge in [0.25, 0.3) is 0 Å². The average molecular weight is 391 g/mol. The Kier molecular flexibility index (Phi) is 6.25. The number of nitrogens with zero attached hydrogens (tertiary/aromatic N) is 1. The molecule has 0 fully saturated rings. The van der Waals surface area contributed by atoms with Crippen LogP contribution in [0.1, 0.15) is 44.6 Å². The zero-order valence-corrected chi connectivity index (χ0v) is 16.0. The van der Waals surface area contributed by atoms with E-state index in [4.69, 9.17) is 27.9 Å². The van der Waals surface area contributed by atoms with Crippen molar-refractivity contribution in [3.63, 3.8) is 0 Å². The second-order valence-corrected chi connectivity index (χ2v) is 6.29. The van der Waals surface area contributed by atoms with Gasteiger partial charge in [-0.2, -0.15) is 5.26 Å². The van der Waals surface area contributed by atoms with E-state index in [1.807, 2.05) is 6.07 Å². The molecule has 0 spiro atoms. The van der Waals surface area contributed by atoms with Crippen LogP contribution in [0.5, 0.6) is 0 Å². The number of esters is 1. The number of carbonyl (C=O) groups excluding carboxylic acids is 2. The average Bonchev–Trinajstić information content (AvgIpc) is 2.88. The Bertz CT molecular complexity index is 932. The molecule has 0 aliphatic heterocycles. The van der Waals surface area contributed by atoms with Crippen molar-refractivity contribution in [3.8, 4) is 6.07 Å². The molecule has 1 heterocycles. The third-order valence-electron chi connectivity index (χ3n) is 3.74. The highest BCUT2D eigenvalue weighted by Crippen LogP contribution is 2.29. The molecule has 5 nitrogen and oxygen atoms in total. The number of H-pyrrole nitrogens is 1. The number of allylic oxidation sites excluding steroid dienone is 1. The molecule has 0 unspecified atom stereocenters. The van der Waals surface area contributed by atoms with Crippen molar-refractivity contribution < 1.29 is 14.3 Å². The third-order valence-corrected chi connectivity index (χ3v) is 4.39. The molecule has 0 bridgehead atoms. The van der Waals surface area contributed by atoms with Crippen LogP contribution in [0.15, 0.2) is 23.8 Å². The van der Waals surface area contributed by atoms with Crippen LogP contribution < -0.4 is 0 Å². The third kappa shape index (κ3) is 3.82. The molecule has 1 aromatic carbocycles. The molecular weight excluding hydrogens is 375 g/mol. The molecule has 0 saturated heterocycles. The molecule has 2 rings (SSSR count). The fraction of sp³-hybridized carbons (Fsp3) is 0.211. The van der Waals surface area contributed by atoms with E-state index in [2.05, 4.69) is 4.98 Å². The first-order valence-corrected chi connectivity index (χ1v) is 8.54. The number of nitriles is 1. The van der Waals surface area contributed by atoms with Gasteiger partial charge in [-0.05, 0) is 39.0 Å². The minimum absolute atomic E-state index is 0.108. The van der Waals surface area contributed by atoms with Crippen LogP contribution in [-0.2, 0) is 4.74 Å². The summed E-state index contributed by atoms with van der Waals surface area (Å²) in [6.07, 6.45) is 1.32. The maximum absolute atomic E-state index is 13.0. The van der Waals surface area contributed by atoms with Crippen LogP contribution in [0.3, 0.4) is 0 Å². The Labute approximate surface area is 161 Å². The number of rotatable bonds is 5. The Morgan fingerprint density at radius 2 is 1.77 bits per heavy atom. The van der Waals surface area contributed by atoms with E-state index in [1.165, 1.54) is 6.08 Å². The van der Waals surface area contributed by atoms with Crippen LogP contribution in [0.2, 0.25) is 10.0 Å². The largest absolute Gasteiger partial charge is 0.462 e. The molecule has 2 aromatic rings. The van der Waals surface area contributed by atoms with Gasteiger partial charge in [0.1, 0.15) is 11.6 Å². The van der Waals surface area contributed by atoms with E-state index < -0.39 is 11.8 Å². The van der Waals surface area contributed by atoms with E-state index in [0.29, 0.717) is 27.0 Å². The highest BCUT2D eigenvalue weighted by Gasteiger charge is 2.27. The second-order valence-electron chi connectivity index (χ2n) is 5.48. The van der Waals surface area contributed by atoms with Gasteiger partial charge in [0.2, 0.25) is 5.78 Å². The normalized spacial score (nSPS) is 11.2. The number of Topliss-reactive ketones (excluding diaryl/α,β-unsaturated/α-hetero) is 1. The summed E-state index contributed by atoms with van der Waals surface area (Å²) in [5, 5.41) is 10.1. The fourth-order valence-corrected chi connectivity index (χ4v) is 3.11. The molecule has 0 amide bonds. The molecule has 1 aromatic heterocycles. The fourth-order valence-electron chi connectivity index (χ4n) is 2.60. The molecule has 0 aliphatic rings. The lowest BCUT2D eigenvalue weighted by molar-refractivity contribution is 0.0523. The Balaban J connectivity index is 2.59. The lowest BCUT2D eigenvalue weighted by Crippen LogP contribution is -2.13. The zero-order valence-electron chi connectivity index (χ0n) is 14.4. The first-order valence-electron chi connectivity index (χ1n) is 7.78. The zero-order chi connectivity index (χ0) is 19.4. The number of aromatic nitrogens is 1. The van der Waals surface area contributed by atoms with Crippen LogP contribution in [0.4, 0.5) is 0 Å². The van der Waals surface area contributed by atoms with Gasteiger partial charge in [0, 0.05) is 27.0 Å². The van der Waals surface area contributed by atoms with Gasteiger partial charge in [-0.25, -0.2) is 4.79 Å². The number of carbonyl (C=O) groups is 2. The summed E-state index contributed by atoms with van der Waals surface area (Å²) in [6, 6.07) is 6.74. The number of ether oxygens (including phenoxy) is 1. The summed E-state index contributed by atoms with van der Waals surface area (Å²) in [5.41, 5.74) is 1.38. The number of hydrogen-bond donors (Lipinski definition) is 1. The summed E-state index contributed by atoms with van der Waals surface area (Å²) < 4.78 is 5.03. The lowest BCUT2D eigenvalue weighted by atomic mass is 9.98. The number of halogens is 2. The summed E-state index contributed by atoms with van der Waals surface area (Å²) in [4.78, 5) is 28.2. The molecule has 0 aliphatic carbocycles. The molecular formula is C19H16Cl2N2O3. The van der Waals surface area contributed by atoms with Gasteiger partial charge >= 0.3 is 5.97 Å². The van der Waals surface area contributed by atoms with Gasteiger partial charge in [0.15, 0.2) is 0 Å². The Hall–Kier alpha value is -2.55. The molecule has 0 atom stereocenters. The highest BCUT2D eigenvalue weighted by atomic mass is 35.5. The standard InChI is InChI=1S/C19H16Cl2N2O3/c1-4-26-19(25)17-11(3)23-10(2)16(17)18(24)12(9-22)8-13-14(20)6-5-7-15(13)21/h5-8,23H,4H2,1-3H3/b12-8+. The van der Waals surface area contributed by atoms with Gasteiger partial charge in [-0.15, -0.1) is 0 Å². The summed E-state index contributed by atoms with van der Waals surface area (Å²) in [5.74, 6) is -1.22. The first kappa shape index (κ1) is 19.8. The molecule has 26 heavy (non-hydrogen) atoms. The van der Waals surface area contributed by atoms with E-state index >= 15 is 0 Å². The number of nitrogens with one attached hydrogen (secondary N) is 1. The number of aromatic amines is 1. The number of hydrogen-bond acceptors (Lipinski definition) is 4. The monoisotopic (exact) mass is 390 g/mol. The van der Waals surface area contributed by atoms with Crippen molar-refractivity contribution in [1.82, 2.24) is 4.98 Å². The number of benzene rings is 1. The number of ketones is 1. The highest BCUT2D eigenvalue weighted by molar-refractivity contribution is 6.37. The van der Waals surface area contributed by atoms with Crippen LogP contribution in [0, 0.1) is 25.2 Å². The smallest absolute Gasteiger partial charge is 0.340 e. The second kappa shape index (κ2) is 8.22. The van der Waals surface area contributed by atoms with Crippen LogP contribution in [-0.4, -0.2) is 23.3 Å². The molecule has 134 valence electrons. The van der Waals surface area contributed by atoms with Crippen molar-refractivity contribution in [2.24, 2.45) is 0 Å². The van der Waals surface area contributed by atoms with Crippen molar-refractivity contribution in [2.45, 2.75) is 20.8 Å². The predicted molar refractivity (Wildman–Crippen MR) is 101 cm³/mol. The molecule has 0 radical (unpaired) electrons. The van der Waals surface area contributed by atoms with Gasteiger partial charge < -0.3 is 9.72 Å². The van der Waals surface area contributed by atoms with Gasteiger partial charge in [0.05, 0.1) is 17.7 Å². The molecule has 7 heteroatoms. The van der Waals surface area contributed by atoms with E-state index in [-0.39, 0.29) is 23.3 Å². The predicted octanol–water partition coefficient (Wildman–Crippen LogP) is 4.90. The summed E-state index contributed by atoms with van der Waals surface area (Å²) >= 11 is 12.2. The SMILES string of the molecule is CCOC(=O)c1c(C)[nH]c(C)c1C(=O)/C(C#N)=C/c1c(Cl)cccc1Cl. The van der Waals surface area contributed by atoms with Gasteiger partial charge in [-0.3, -0.25) is 4.79 Å². The summed E-state index contributed by atoms with van der Waals surface area (Å²) in [7, 11) is 0. The quantitative estimate of drug-likeness (QED) is 0.340. The topological polar surface area (TPSA) is 83.0 Å². The molecule has 1 N–H and O–H groups in total. The number of aryl methyl sites for hydroxylation is 2. The Morgan fingerprint density at radius 3 is 2.31 bits per heavy atom. The van der Waals surface area contributed by atoms with Crippen molar-refractivity contribution in [2.75, 3.05) is 6.61 Å².